The Hall–Kier alpha value is -1.24. The van der Waals surface area contributed by atoms with Crippen molar-refractivity contribution in [1.82, 2.24) is 9.78 Å². The van der Waals surface area contributed by atoms with Crippen molar-refractivity contribution in [1.29, 1.82) is 0 Å². The second-order valence-electron chi connectivity index (χ2n) is 3.77. The van der Waals surface area contributed by atoms with Crippen LogP contribution in [0.2, 0.25) is 0 Å². The van der Waals surface area contributed by atoms with Gasteiger partial charge >= 0.3 is 0 Å². The minimum atomic E-state index is 0.0913. The molecule has 0 spiro atoms. The van der Waals surface area contributed by atoms with Crippen molar-refractivity contribution in [3.8, 4) is 5.75 Å². The van der Waals surface area contributed by atoms with Gasteiger partial charge in [-0.2, -0.15) is 5.10 Å². The van der Waals surface area contributed by atoms with Gasteiger partial charge in [-0.1, -0.05) is 12.1 Å². The zero-order valence-electron chi connectivity index (χ0n) is 9.72. The highest BCUT2D eigenvalue weighted by molar-refractivity contribution is 14.1. The van der Waals surface area contributed by atoms with Crippen LogP contribution in [0.25, 0.3) is 0 Å². The molecule has 0 aliphatic rings. The molecule has 2 N–H and O–H groups in total. The molecular formula is C12H14IN3O. The maximum atomic E-state index is 5.97. The molecule has 0 aliphatic heterocycles. The fourth-order valence-electron chi connectivity index (χ4n) is 1.70. The number of nitrogens with two attached hydrogens (primary N) is 1. The highest BCUT2D eigenvalue weighted by Crippen LogP contribution is 2.25. The summed E-state index contributed by atoms with van der Waals surface area (Å²) in [4.78, 5) is 0. The van der Waals surface area contributed by atoms with Crippen LogP contribution in [0, 0.1) is 3.57 Å². The molecule has 1 unspecified atom stereocenters. The average molecular weight is 343 g/mol. The minimum absolute atomic E-state index is 0.0913. The largest absolute Gasteiger partial charge is 0.497 e. The Labute approximate surface area is 114 Å². The molecule has 90 valence electrons. The van der Waals surface area contributed by atoms with Crippen molar-refractivity contribution in [2.75, 3.05) is 12.8 Å². The van der Waals surface area contributed by atoms with E-state index in [9.17, 15) is 0 Å². The number of halogens is 1. The summed E-state index contributed by atoms with van der Waals surface area (Å²) in [5, 5.41) is 4.29. The zero-order chi connectivity index (χ0) is 12.4. The Morgan fingerprint density at radius 2 is 2.24 bits per heavy atom. The molecule has 1 aromatic carbocycles. The Morgan fingerprint density at radius 1 is 1.47 bits per heavy atom. The molecule has 0 bridgehead atoms. The number of hydrogen-bond acceptors (Lipinski definition) is 3. The van der Waals surface area contributed by atoms with E-state index in [1.807, 2.05) is 28.9 Å². The maximum absolute atomic E-state index is 5.97. The molecule has 17 heavy (non-hydrogen) atoms. The van der Waals surface area contributed by atoms with Crippen molar-refractivity contribution < 1.29 is 4.74 Å². The Morgan fingerprint density at radius 3 is 2.82 bits per heavy atom. The third kappa shape index (κ3) is 2.38. The summed E-state index contributed by atoms with van der Waals surface area (Å²) in [6.45, 7) is 2.06. The molecule has 1 atom stereocenters. The smallest absolute Gasteiger partial charge is 0.135 e. The van der Waals surface area contributed by atoms with E-state index in [-0.39, 0.29) is 6.04 Å². The lowest BCUT2D eigenvalue weighted by atomic mass is 10.1. The van der Waals surface area contributed by atoms with E-state index < -0.39 is 0 Å². The second kappa shape index (κ2) is 4.95. The van der Waals surface area contributed by atoms with Gasteiger partial charge in [-0.15, -0.1) is 0 Å². The molecule has 0 aliphatic carbocycles. The van der Waals surface area contributed by atoms with Gasteiger partial charge in [0.25, 0.3) is 0 Å². The number of rotatable bonds is 3. The lowest BCUT2D eigenvalue weighted by molar-refractivity contribution is 0.413. The maximum Gasteiger partial charge on any atom is 0.135 e. The van der Waals surface area contributed by atoms with Crippen molar-refractivity contribution in [2.24, 2.45) is 0 Å². The van der Waals surface area contributed by atoms with Crippen molar-refractivity contribution in [3.63, 3.8) is 0 Å². The van der Waals surface area contributed by atoms with E-state index in [4.69, 9.17) is 10.5 Å². The molecule has 2 aromatic rings. The normalized spacial score (nSPS) is 12.4. The highest BCUT2D eigenvalue weighted by Gasteiger charge is 2.13. The first-order valence-electron chi connectivity index (χ1n) is 5.26. The summed E-state index contributed by atoms with van der Waals surface area (Å²) in [5.41, 5.74) is 7.09. The number of benzene rings is 1. The van der Waals surface area contributed by atoms with E-state index in [0.29, 0.717) is 5.82 Å². The molecular weight excluding hydrogens is 329 g/mol. The highest BCUT2D eigenvalue weighted by atomic mass is 127. The van der Waals surface area contributed by atoms with Crippen LogP contribution >= 0.6 is 22.6 Å². The molecule has 1 aromatic heterocycles. The van der Waals surface area contributed by atoms with Gasteiger partial charge in [0, 0.05) is 0 Å². The second-order valence-corrected chi connectivity index (χ2v) is 4.94. The molecule has 0 saturated heterocycles. The van der Waals surface area contributed by atoms with Gasteiger partial charge in [0.1, 0.15) is 11.6 Å². The molecule has 0 saturated carbocycles. The number of nitrogen functional groups attached to an aromatic ring is 1. The van der Waals surface area contributed by atoms with E-state index >= 15 is 0 Å². The van der Waals surface area contributed by atoms with Gasteiger partial charge in [-0.3, -0.25) is 0 Å². The summed E-state index contributed by atoms with van der Waals surface area (Å²) in [6, 6.07) is 8.02. The van der Waals surface area contributed by atoms with Crippen molar-refractivity contribution in [2.45, 2.75) is 13.0 Å². The van der Waals surface area contributed by atoms with Crippen LogP contribution in [0.5, 0.6) is 5.75 Å². The van der Waals surface area contributed by atoms with Crippen LogP contribution in [0.3, 0.4) is 0 Å². The van der Waals surface area contributed by atoms with Crippen LogP contribution in [0.1, 0.15) is 18.5 Å². The molecule has 0 radical (unpaired) electrons. The number of ether oxygens (including phenoxy) is 1. The lowest BCUT2D eigenvalue weighted by Gasteiger charge is -2.15. The van der Waals surface area contributed by atoms with Gasteiger partial charge in [0.05, 0.1) is 22.9 Å². The Kier molecular flexibility index (Phi) is 3.56. The lowest BCUT2D eigenvalue weighted by Crippen LogP contribution is -2.11. The molecule has 1 heterocycles. The van der Waals surface area contributed by atoms with Crippen LogP contribution in [-0.4, -0.2) is 16.9 Å². The number of nitrogens with zero attached hydrogens (tertiary/aromatic N) is 2. The van der Waals surface area contributed by atoms with E-state index in [2.05, 4.69) is 34.6 Å². The molecule has 0 fully saturated rings. The standard InChI is InChI=1S/C12H14IN3O/c1-8(16-12(14)11(13)7-15-16)9-4-3-5-10(6-9)17-2/h3-8H,14H2,1-2H3. The predicted octanol–water partition coefficient (Wildman–Crippen LogP) is 2.69. The molecule has 4 nitrogen and oxygen atoms in total. The summed E-state index contributed by atoms with van der Waals surface area (Å²) >= 11 is 2.18. The van der Waals surface area contributed by atoms with Crippen molar-refractivity contribution in [3.05, 3.63) is 39.6 Å². The Balaban J connectivity index is 2.36. The first-order valence-corrected chi connectivity index (χ1v) is 6.33. The van der Waals surface area contributed by atoms with E-state index in [1.165, 1.54) is 0 Å². The van der Waals surface area contributed by atoms with Gasteiger partial charge in [0.15, 0.2) is 0 Å². The van der Waals surface area contributed by atoms with Crippen LogP contribution in [-0.2, 0) is 0 Å². The fourth-order valence-corrected chi connectivity index (χ4v) is 2.07. The number of hydrogen-bond donors (Lipinski definition) is 1. The summed E-state index contributed by atoms with van der Waals surface area (Å²) in [6.07, 6.45) is 1.77. The molecule has 5 heteroatoms. The van der Waals surface area contributed by atoms with Gasteiger partial charge in [-0.25, -0.2) is 4.68 Å². The number of methoxy groups -OCH3 is 1. The number of aromatic nitrogens is 2. The van der Waals surface area contributed by atoms with Crippen LogP contribution in [0.15, 0.2) is 30.5 Å². The first-order chi connectivity index (χ1) is 8.13. The van der Waals surface area contributed by atoms with Crippen LogP contribution in [0.4, 0.5) is 5.82 Å². The van der Waals surface area contributed by atoms with Crippen molar-refractivity contribution >= 4 is 28.4 Å². The number of anilines is 1. The van der Waals surface area contributed by atoms with Gasteiger partial charge in [0.2, 0.25) is 0 Å². The fraction of sp³-hybridized carbons (Fsp3) is 0.250. The van der Waals surface area contributed by atoms with Crippen LogP contribution < -0.4 is 10.5 Å². The van der Waals surface area contributed by atoms with Gasteiger partial charge in [-0.05, 0) is 47.2 Å². The topological polar surface area (TPSA) is 53.1 Å². The quantitative estimate of drug-likeness (QED) is 0.872. The minimum Gasteiger partial charge on any atom is -0.497 e. The van der Waals surface area contributed by atoms with E-state index in [0.717, 1.165) is 14.9 Å². The SMILES string of the molecule is COc1cccc(C(C)n2ncc(I)c2N)c1. The third-order valence-electron chi connectivity index (χ3n) is 2.73. The average Bonchev–Trinajstić information content (AvgIpc) is 2.69. The predicted molar refractivity (Wildman–Crippen MR) is 76.2 cm³/mol. The third-order valence-corrected chi connectivity index (χ3v) is 3.56. The monoisotopic (exact) mass is 343 g/mol. The molecule has 0 amide bonds. The molecule has 2 rings (SSSR count). The summed E-state index contributed by atoms with van der Waals surface area (Å²) in [5.74, 6) is 1.54. The zero-order valence-corrected chi connectivity index (χ0v) is 11.9. The Bertz CT molecular complexity index is 524. The summed E-state index contributed by atoms with van der Waals surface area (Å²) in [7, 11) is 1.66. The summed E-state index contributed by atoms with van der Waals surface area (Å²) < 4.78 is 8.00. The van der Waals surface area contributed by atoms with Gasteiger partial charge < -0.3 is 10.5 Å². The van der Waals surface area contributed by atoms with E-state index in [1.54, 1.807) is 13.3 Å². The first kappa shape index (κ1) is 12.2.